The second kappa shape index (κ2) is 6.15. The van der Waals surface area contributed by atoms with E-state index >= 15 is 0 Å². The van der Waals surface area contributed by atoms with Gasteiger partial charge in [0.2, 0.25) is 0 Å². The van der Waals surface area contributed by atoms with Crippen LogP contribution in [0.5, 0.6) is 0 Å². The minimum Gasteiger partial charge on any atom is -0.330 e. The predicted octanol–water partition coefficient (Wildman–Crippen LogP) is 3.37. The van der Waals surface area contributed by atoms with Gasteiger partial charge in [-0.25, -0.2) is 0 Å². The molecule has 0 aliphatic rings. The first-order valence-corrected chi connectivity index (χ1v) is 5.97. The molecule has 0 fully saturated rings. The lowest BCUT2D eigenvalue weighted by Crippen LogP contribution is -2.14. The van der Waals surface area contributed by atoms with Gasteiger partial charge >= 0.3 is 5.51 Å². The van der Waals surface area contributed by atoms with Crippen LogP contribution < -0.4 is 5.73 Å². The van der Waals surface area contributed by atoms with Crippen molar-refractivity contribution in [3.8, 4) is 0 Å². The zero-order valence-corrected chi connectivity index (χ0v) is 9.52. The van der Waals surface area contributed by atoms with Crippen LogP contribution in [0.25, 0.3) is 0 Å². The van der Waals surface area contributed by atoms with E-state index in [2.05, 4.69) is 0 Å². The lowest BCUT2D eigenvalue weighted by molar-refractivity contribution is -0.0328. The number of hydrogen-bond acceptors (Lipinski definition) is 2. The van der Waals surface area contributed by atoms with E-state index < -0.39 is 5.51 Å². The van der Waals surface area contributed by atoms with Crippen molar-refractivity contribution in [1.29, 1.82) is 0 Å². The summed E-state index contributed by atoms with van der Waals surface area (Å²) in [6.07, 6.45) is 0.449. The number of rotatable bonds is 5. The summed E-state index contributed by atoms with van der Waals surface area (Å²) in [6, 6.07) is 9.41. The summed E-state index contributed by atoms with van der Waals surface area (Å²) in [5.74, 6) is 0.0660. The standard InChI is InChI=1S/C11H14F3NS/c12-11(13,14)16-7-6-10(8-15)9-4-2-1-3-5-9/h1-5,10H,6-8,15H2. The van der Waals surface area contributed by atoms with Gasteiger partial charge in [-0.05, 0) is 24.4 Å². The molecule has 90 valence electrons. The monoisotopic (exact) mass is 249 g/mol. The number of benzene rings is 1. The molecule has 1 rings (SSSR count). The van der Waals surface area contributed by atoms with Crippen LogP contribution >= 0.6 is 11.8 Å². The van der Waals surface area contributed by atoms with Crippen molar-refractivity contribution in [2.45, 2.75) is 17.8 Å². The molecule has 2 N–H and O–H groups in total. The van der Waals surface area contributed by atoms with Crippen molar-refractivity contribution < 1.29 is 13.2 Å². The maximum absolute atomic E-state index is 11.9. The van der Waals surface area contributed by atoms with Gasteiger partial charge in [-0.3, -0.25) is 0 Å². The van der Waals surface area contributed by atoms with E-state index in [1.54, 1.807) is 0 Å². The minimum absolute atomic E-state index is 0.0102. The topological polar surface area (TPSA) is 26.0 Å². The first-order chi connectivity index (χ1) is 7.53. The zero-order valence-electron chi connectivity index (χ0n) is 8.70. The fourth-order valence-corrected chi connectivity index (χ4v) is 2.10. The van der Waals surface area contributed by atoms with Gasteiger partial charge in [0.15, 0.2) is 0 Å². The van der Waals surface area contributed by atoms with E-state index in [1.807, 2.05) is 30.3 Å². The van der Waals surface area contributed by atoms with Crippen molar-refractivity contribution in [2.24, 2.45) is 5.73 Å². The van der Waals surface area contributed by atoms with E-state index in [0.29, 0.717) is 13.0 Å². The summed E-state index contributed by atoms with van der Waals surface area (Å²) in [4.78, 5) is 0. The summed E-state index contributed by atoms with van der Waals surface area (Å²) in [5, 5.41) is 0. The van der Waals surface area contributed by atoms with Gasteiger partial charge in [-0.15, -0.1) is 0 Å². The van der Waals surface area contributed by atoms with Crippen LogP contribution in [0.3, 0.4) is 0 Å². The molecule has 1 atom stereocenters. The van der Waals surface area contributed by atoms with E-state index in [0.717, 1.165) is 5.56 Å². The molecule has 0 aliphatic heterocycles. The van der Waals surface area contributed by atoms with Gasteiger partial charge in [-0.1, -0.05) is 42.1 Å². The Bertz CT molecular complexity index is 300. The highest BCUT2D eigenvalue weighted by molar-refractivity contribution is 8.00. The van der Waals surface area contributed by atoms with E-state index in [9.17, 15) is 13.2 Å². The molecule has 0 bridgehead atoms. The van der Waals surface area contributed by atoms with Crippen LogP contribution in [-0.4, -0.2) is 17.8 Å². The Morgan fingerprint density at radius 1 is 1.19 bits per heavy atom. The molecule has 0 saturated carbocycles. The number of hydrogen-bond donors (Lipinski definition) is 1. The molecule has 0 aliphatic carbocycles. The highest BCUT2D eigenvalue weighted by Crippen LogP contribution is 2.32. The summed E-state index contributed by atoms with van der Waals surface area (Å²) in [5.41, 5.74) is 2.43. The highest BCUT2D eigenvalue weighted by Gasteiger charge is 2.28. The number of thioether (sulfide) groups is 1. The summed E-state index contributed by atoms with van der Waals surface area (Å²) < 4.78 is 35.8. The molecule has 0 spiro atoms. The van der Waals surface area contributed by atoms with Crippen LogP contribution in [0.2, 0.25) is 0 Å². The average Bonchev–Trinajstić information content (AvgIpc) is 2.24. The molecule has 5 heteroatoms. The van der Waals surface area contributed by atoms with Crippen LogP contribution in [0.1, 0.15) is 17.9 Å². The smallest absolute Gasteiger partial charge is 0.330 e. The predicted molar refractivity (Wildman–Crippen MR) is 61.4 cm³/mol. The normalized spacial score (nSPS) is 13.8. The Balaban J connectivity index is 2.45. The number of alkyl halides is 3. The lowest BCUT2D eigenvalue weighted by Gasteiger charge is -2.15. The van der Waals surface area contributed by atoms with E-state index in [4.69, 9.17) is 5.73 Å². The lowest BCUT2D eigenvalue weighted by atomic mass is 9.97. The van der Waals surface area contributed by atoms with Crippen molar-refractivity contribution >= 4 is 11.8 Å². The van der Waals surface area contributed by atoms with Gasteiger partial charge in [0.05, 0.1) is 0 Å². The molecule has 1 aromatic rings. The van der Waals surface area contributed by atoms with Crippen LogP contribution in [0.15, 0.2) is 30.3 Å². The van der Waals surface area contributed by atoms with Gasteiger partial charge in [-0.2, -0.15) is 13.2 Å². The second-order valence-electron chi connectivity index (χ2n) is 3.43. The Morgan fingerprint density at radius 2 is 1.81 bits per heavy atom. The third-order valence-electron chi connectivity index (χ3n) is 2.29. The Labute approximate surface area is 97.2 Å². The maximum atomic E-state index is 11.9. The number of halogens is 3. The highest BCUT2D eigenvalue weighted by atomic mass is 32.2. The van der Waals surface area contributed by atoms with Gasteiger partial charge in [0, 0.05) is 5.75 Å². The van der Waals surface area contributed by atoms with Crippen LogP contribution in [-0.2, 0) is 0 Å². The SMILES string of the molecule is NCC(CCSC(F)(F)F)c1ccccc1. The molecule has 0 heterocycles. The summed E-state index contributed by atoms with van der Waals surface area (Å²) >= 11 is 0.0164. The maximum Gasteiger partial charge on any atom is 0.441 e. The molecule has 0 amide bonds. The molecule has 1 unspecified atom stereocenters. The van der Waals surface area contributed by atoms with Crippen molar-refractivity contribution in [1.82, 2.24) is 0 Å². The molecule has 1 nitrogen and oxygen atoms in total. The number of nitrogens with two attached hydrogens (primary N) is 1. The summed E-state index contributed by atoms with van der Waals surface area (Å²) in [6.45, 7) is 0.377. The van der Waals surface area contributed by atoms with Crippen LogP contribution in [0, 0.1) is 0 Å². The summed E-state index contributed by atoms with van der Waals surface area (Å²) in [7, 11) is 0. The Kier molecular flexibility index (Phi) is 5.15. The van der Waals surface area contributed by atoms with Crippen LogP contribution in [0.4, 0.5) is 13.2 Å². The third kappa shape index (κ3) is 4.90. The minimum atomic E-state index is -4.14. The molecular weight excluding hydrogens is 235 g/mol. The van der Waals surface area contributed by atoms with Gasteiger partial charge in [0.1, 0.15) is 0 Å². The largest absolute Gasteiger partial charge is 0.441 e. The van der Waals surface area contributed by atoms with Gasteiger partial charge < -0.3 is 5.73 Å². The Hall–Kier alpha value is -0.680. The van der Waals surface area contributed by atoms with Crippen molar-refractivity contribution in [3.05, 3.63) is 35.9 Å². The van der Waals surface area contributed by atoms with E-state index in [1.165, 1.54) is 0 Å². The molecule has 1 aromatic carbocycles. The van der Waals surface area contributed by atoms with Crippen molar-refractivity contribution in [3.63, 3.8) is 0 Å². The zero-order chi connectivity index (χ0) is 12.0. The third-order valence-corrected chi connectivity index (χ3v) is 3.05. The van der Waals surface area contributed by atoms with E-state index in [-0.39, 0.29) is 23.4 Å². The van der Waals surface area contributed by atoms with Crippen molar-refractivity contribution in [2.75, 3.05) is 12.3 Å². The second-order valence-corrected chi connectivity index (χ2v) is 4.59. The molecule has 0 radical (unpaired) electrons. The fourth-order valence-electron chi connectivity index (χ4n) is 1.46. The first-order valence-electron chi connectivity index (χ1n) is 4.98. The van der Waals surface area contributed by atoms with Gasteiger partial charge in [0.25, 0.3) is 0 Å². The molecule has 16 heavy (non-hydrogen) atoms. The first kappa shape index (κ1) is 13.4. The molecular formula is C11H14F3NS. The Morgan fingerprint density at radius 3 is 2.31 bits per heavy atom. The molecule has 0 aromatic heterocycles. The average molecular weight is 249 g/mol. The fraction of sp³-hybridized carbons (Fsp3) is 0.455. The quantitative estimate of drug-likeness (QED) is 0.865. The molecule has 0 saturated heterocycles.